The molecule has 3 unspecified atom stereocenters. The van der Waals surface area contributed by atoms with Gasteiger partial charge in [-0.1, -0.05) is 54.4 Å². The Morgan fingerprint density at radius 1 is 0.862 bits per heavy atom. The van der Waals surface area contributed by atoms with Crippen LogP contribution in [0.4, 0.5) is 0 Å². The molecule has 168 valence electrons. The molecule has 1 aliphatic carbocycles. The maximum atomic E-state index is 12.9. The highest BCUT2D eigenvalue weighted by molar-refractivity contribution is 5.81. The highest BCUT2D eigenvalue weighted by Gasteiger charge is 2.47. The van der Waals surface area contributed by atoms with E-state index >= 15 is 0 Å². The van der Waals surface area contributed by atoms with Gasteiger partial charge in [0, 0.05) is 6.42 Å². The van der Waals surface area contributed by atoms with Crippen LogP contribution in [0.25, 0.3) is 0 Å². The van der Waals surface area contributed by atoms with E-state index in [4.69, 9.17) is 9.47 Å². The molecule has 1 N–H and O–H groups in total. The average Bonchev–Trinajstić information content (AvgIpc) is 2.58. The molecule has 0 spiro atoms. The number of ether oxygens (including phenoxy) is 2. The summed E-state index contributed by atoms with van der Waals surface area (Å²) >= 11 is 0. The first-order chi connectivity index (χ1) is 13.2. The van der Waals surface area contributed by atoms with Gasteiger partial charge in [0.1, 0.15) is 0 Å². The number of hydrogen-bond acceptors (Lipinski definition) is 5. The molecule has 0 saturated heterocycles. The van der Waals surface area contributed by atoms with E-state index in [1.807, 2.05) is 27.7 Å². The second-order valence-corrected chi connectivity index (χ2v) is 10.8. The molecule has 0 radical (unpaired) electrons. The summed E-state index contributed by atoms with van der Waals surface area (Å²) < 4.78 is 10.8. The minimum Gasteiger partial charge on any atom is -0.481 e. The predicted molar refractivity (Wildman–Crippen MR) is 111 cm³/mol. The van der Waals surface area contributed by atoms with Crippen molar-refractivity contribution in [3.05, 3.63) is 0 Å². The van der Waals surface area contributed by atoms with Crippen molar-refractivity contribution in [2.75, 3.05) is 13.2 Å². The zero-order valence-electron chi connectivity index (χ0n) is 19.3. The largest absolute Gasteiger partial charge is 0.481 e. The van der Waals surface area contributed by atoms with E-state index < -0.39 is 29.2 Å². The van der Waals surface area contributed by atoms with Gasteiger partial charge in [0.25, 0.3) is 0 Å². The highest BCUT2D eigenvalue weighted by Crippen LogP contribution is 2.47. The van der Waals surface area contributed by atoms with Crippen molar-refractivity contribution in [3.8, 4) is 0 Å². The van der Waals surface area contributed by atoms with Gasteiger partial charge < -0.3 is 14.6 Å². The summed E-state index contributed by atoms with van der Waals surface area (Å²) in [4.78, 5) is 36.4. The lowest BCUT2D eigenvalue weighted by Crippen LogP contribution is -2.44. The van der Waals surface area contributed by atoms with Crippen LogP contribution in [0, 0.1) is 28.1 Å². The topological polar surface area (TPSA) is 89.9 Å². The van der Waals surface area contributed by atoms with Crippen molar-refractivity contribution in [2.24, 2.45) is 28.1 Å². The molecule has 0 aliphatic heterocycles. The first-order valence-corrected chi connectivity index (χ1v) is 10.8. The molecule has 1 rings (SSSR count). The van der Waals surface area contributed by atoms with E-state index in [2.05, 4.69) is 20.8 Å². The fourth-order valence-corrected chi connectivity index (χ4v) is 4.08. The van der Waals surface area contributed by atoms with Crippen LogP contribution in [0.2, 0.25) is 0 Å². The Kier molecular flexibility index (Phi) is 8.73. The van der Waals surface area contributed by atoms with Crippen molar-refractivity contribution in [2.45, 2.75) is 87.0 Å². The summed E-state index contributed by atoms with van der Waals surface area (Å²) in [5.74, 6) is -2.83. The standard InChI is InChI=1S/C23H40O6/c1-21(2,3)15-23(7,22(4,5)6)20(27)29-14-10-13-28-19(26)17-12-9-8-11-16(17)18(24)25/h16-17H,8-15H2,1-7H3,(H,24,25). The molecule has 0 bridgehead atoms. The van der Waals surface area contributed by atoms with Gasteiger partial charge >= 0.3 is 17.9 Å². The molecule has 0 aromatic carbocycles. The van der Waals surface area contributed by atoms with Crippen LogP contribution in [0.15, 0.2) is 0 Å². The monoisotopic (exact) mass is 412 g/mol. The summed E-state index contributed by atoms with van der Waals surface area (Å²) in [5, 5.41) is 9.29. The van der Waals surface area contributed by atoms with E-state index in [0.717, 1.165) is 12.8 Å². The van der Waals surface area contributed by atoms with Gasteiger partial charge in [0.15, 0.2) is 0 Å². The van der Waals surface area contributed by atoms with E-state index in [9.17, 15) is 19.5 Å². The molecule has 6 nitrogen and oxygen atoms in total. The van der Waals surface area contributed by atoms with Gasteiger partial charge in [-0.3, -0.25) is 14.4 Å². The van der Waals surface area contributed by atoms with Gasteiger partial charge in [0.05, 0.1) is 30.5 Å². The van der Waals surface area contributed by atoms with Gasteiger partial charge in [-0.15, -0.1) is 0 Å². The molecule has 1 saturated carbocycles. The molecular weight excluding hydrogens is 372 g/mol. The lowest BCUT2D eigenvalue weighted by molar-refractivity contribution is -0.166. The van der Waals surface area contributed by atoms with Gasteiger partial charge in [-0.05, 0) is 37.0 Å². The number of rotatable bonds is 8. The Bertz CT molecular complexity index is 583. The number of aliphatic carboxylic acids is 1. The van der Waals surface area contributed by atoms with Crippen molar-refractivity contribution >= 4 is 17.9 Å². The molecule has 1 aliphatic rings. The van der Waals surface area contributed by atoms with Gasteiger partial charge in [0.2, 0.25) is 0 Å². The fourth-order valence-electron chi connectivity index (χ4n) is 4.08. The normalized spacial score (nSPS) is 22.4. The summed E-state index contributed by atoms with van der Waals surface area (Å²) in [6.07, 6.45) is 3.86. The van der Waals surface area contributed by atoms with E-state index in [-0.39, 0.29) is 30.0 Å². The maximum absolute atomic E-state index is 12.9. The van der Waals surface area contributed by atoms with Crippen LogP contribution in [-0.4, -0.2) is 36.2 Å². The van der Waals surface area contributed by atoms with Gasteiger partial charge in [-0.25, -0.2) is 0 Å². The number of carboxylic acids is 1. The minimum atomic E-state index is -0.930. The first kappa shape index (κ1) is 25.4. The molecule has 0 aromatic heterocycles. The molecule has 29 heavy (non-hydrogen) atoms. The maximum Gasteiger partial charge on any atom is 0.312 e. The van der Waals surface area contributed by atoms with Crippen LogP contribution in [0.1, 0.15) is 87.0 Å². The number of carboxylic acid groups (broad SMARTS) is 1. The molecular formula is C23H40O6. The number of esters is 2. The van der Waals surface area contributed by atoms with Crippen molar-refractivity contribution < 1.29 is 29.0 Å². The second kappa shape index (κ2) is 9.94. The summed E-state index contributed by atoms with van der Waals surface area (Å²) in [6.45, 7) is 14.7. The fraction of sp³-hybridized carbons (Fsp3) is 0.870. The summed E-state index contributed by atoms with van der Waals surface area (Å²) in [6, 6.07) is 0. The first-order valence-electron chi connectivity index (χ1n) is 10.8. The van der Waals surface area contributed by atoms with E-state index in [1.165, 1.54) is 0 Å². The van der Waals surface area contributed by atoms with Gasteiger partial charge in [-0.2, -0.15) is 0 Å². The van der Waals surface area contributed by atoms with Crippen LogP contribution in [0.5, 0.6) is 0 Å². The molecule has 0 heterocycles. The Labute approximate surface area is 175 Å². The van der Waals surface area contributed by atoms with E-state index in [0.29, 0.717) is 25.7 Å². The van der Waals surface area contributed by atoms with E-state index in [1.54, 1.807) is 0 Å². The smallest absolute Gasteiger partial charge is 0.312 e. The SMILES string of the molecule is CC(C)(C)CC(C)(C(=O)OCCCOC(=O)C1CCCCC1C(=O)O)C(C)(C)C. The zero-order chi connectivity index (χ0) is 22.5. The number of hydrogen-bond donors (Lipinski definition) is 1. The molecule has 0 amide bonds. The summed E-state index contributed by atoms with van der Waals surface area (Å²) in [5.41, 5.74) is -0.896. The Morgan fingerprint density at radius 3 is 1.86 bits per heavy atom. The third-order valence-corrected chi connectivity index (χ3v) is 6.14. The number of carbonyl (C=O) groups excluding carboxylic acids is 2. The molecule has 1 fully saturated rings. The Hall–Kier alpha value is -1.59. The third kappa shape index (κ3) is 7.31. The van der Waals surface area contributed by atoms with Crippen molar-refractivity contribution in [3.63, 3.8) is 0 Å². The molecule has 0 aromatic rings. The number of carbonyl (C=O) groups is 3. The molecule has 3 atom stereocenters. The Morgan fingerprint density at radius 2 is 1.38 bits per heavy atom. The lowest BCUT2D eigenvalue weighted by atomic mass is 9.61. The quantitative estimate of drug-likeness (QED) is 0.453. The molecule has 6 heteroatoms. The average molecular weight is 413 g/mol. The third-order valence-electron chi connectivity index (χ3n) is 6.14. The van der Waals surface area contributed by atoms with Crippen molar-refractivity contribution in [1.82, 2.24) is 0 Å². The van der Waals surface area contributed by atoms with Crippen LogP contribution >= 0.6 is 0 Å². The van der Waals surface area contributed by atoms with Crippen LogP contribution < -0.4 is 0 Å². The van der Waals surface area contributed by atoms with Crippen LogP contribution in [0.3, 0.4) is 0 Å². The lowest BCUT2D eigenvalue weighted by Gasteiger charge is -2.43. The predicted octanol–water partition coefficient (Wildman–Crippen LogP) is 4.84. The minimum absolute atomic E-state index is 0.0166. The Balaban J connectivity index is 2.51. The van der Waals surface area contributed by atoms with Crippen LogP contribution in [-0.2, 0) is 23.9 Å². The van der Waals surface area contributed by atoms with Crippen molar-refractivity contribution in [1.29, 1.82) is 0 Å². The second-order valence-electron chi connectivity index (χ2n) is 10.8. The summed E-state index contributed by atoms with van der Waals surface area (Å²) in [7, 11) is 0. The highest BCUT2D eigenvalue weighted by atomic mass is 16.5. The zero-order valence-corrected chi connectivity index (χ0v) is 19.3.